The third-order valence-electron chi connectivity index (χ3n) is 9.60. The summed E-state index contributed by atoms with van der Waals surface area (Å²) in [5.41, 5.74) is 12.8. The van der Waals surface area contributed by atoms with E-state index in [0.717, 1.165) is 64.8 Å². The number of imidazole rings is 1. The molecule has 258 valence electrons. The summed E-state index contributed by atoms with van der Waals surface area (Å²) >= 11 is 1.24. The van der Waals surface area contributed by atoms with Gasteiger partial charge in [-0.3, -0.25) is 9.59 Å². The second-order valence-corrected chi connectivity index (χ2v) is 14.4. The molecule has 0 aliphatic heterocycles. The molecule has 4 N–H and O–H groups in total. The first kappa shape index (κ1) is 35.1. The van der Waals surface area contributed by atoms with Gasteiger partial charge >= 0.3 is 5.97 Å². The van der Waals surface area contributed by atoms with E-state index in [1.807, 2.05) is 85.8 Å². The first-order chi connectivity index (χ1) is 24.1. The Balaban J connectivity index is 1.26. The van der Waals surface area contributed by atoms with Crippen LogP contribution in [0.4, 0.5) is 0 Å². The molecule has 1 saturated carbocycles. The second kappa shape index (κ2) is 15.4. The van der Waals surface area contributed by atoms with Crippen LogP contribution in [0.5, 0.6) is 0 Å². The molecule has 9 heteroatoms. The number of nitrogens with two attached hydrogens (primary N) is 1. The highest BCUT2D eigenvalue weighted by Gasteiger charge is 2.37. The van der Waals surface area contributed by atoms with Crippen LogP contribution in [0.15, 0.2) is 91.0 Å². The third kappa shape index (κ3) is 7.85. The predicted octanol–water partition coefficient (Wildman–Crippen LogP) is 7.58. The van der Waals surface area contributed by atoms with Crippen LogP contribution in [0.1, 0.15) is 82.3 Å². The van der Waals surface area contributed by atoms with Crippen LogP contribution in [-0.2, 0) is 24.2 Å². The standard InChI is InChI=1S/C41H44N4O4S/c1-3-11-36-44-37-27(2)22-31(24-35(37)45(36)25-29-16-18-30(19-17-29)33-14-7-8-15-34(33)39(47)48)38(46)43-32(23-28-12-5-4-6-13-28)26-50-40(49)41(42)20-9-10-21-41/h4-8,12-19,22,24,32H,3,9-11,20-21,23,25-26,42H2,1-2H3,(H,43,46)(H,47,48). The molecule has 6 rings (SSSR count). The fraction of sp³-hybridized carbons (Fsp3) is 0.317. The van der Waals surface area contributed by atoms with E-state index in [4.69, 9.17) is 10.7 Å². The van der Waals surface area contributed by atoms with Crippen molar-refractivity contribution in [3.63, 3.8) is 0 Å². The van der Waals surface area contributed by atoms with E-state index >= 15 is 0 Å². The van der Waals surface area contributed by atoms with Crippen LogP contribution in [0.3, 0.4) is 0 Å². The van der Waals surface area contributed by atoms with Gasteiger partial charge in [-0.1, -0.05) is 104 Å². The fourth-order valence-corrected chi connectivity index (χ4v) is 7.95. The molecule has 5 aromatic rings. The quantitative estimate of drug-likeness (QED) is 0.116. The largest absolute Gasteiger partial charge is 0.478 e. The van der Waals surface area contributed by atoms with E-state index in [1.54, 1.807) is 12.1 Å². The average molecular weight is 689 g/mol. The molecule has 50 heavy (non-hydrogen) atoms. The second-order valence-electron chi connectivity index (χ2n) is 13.4. The number of aromatic carboxylic acids is 1. The van der Waals surface area contributed by atoms with E-state index in [9.17, 15) is 19.5 Å². The summed E-state index contributed by atoms with van der Waals surface area (Å²) in [6.07, 6.45) is 5.66. The summed E-state index contributed by atoms with van der Waals surface area (Å²) in [5, 5.41) is 12.9. The van der Waals surface area contributed by atoms with Crippen molar-refractivity contribution in [2.45, 2.75) is 76.9 Å². The van der Waals surface area contributed by atoms with Crippen LogP contribution in [0.25, 0.3) is 22.2 Å². The Morgan fingerprint density at radius 3 is 2.36 bits per heavy atom. The minimum Gasteiger partial charge on any atom is -0.478 e. The number of carboxylic acid groups (broad SMARTS) is 1. The number of benzene rings is 4. The zero-order chi connectivity index (χ0) is 35.3. The first-order valence-corrected chi connectivity index (χ1v) is 18.4. The molecule has 0 radical (unpaired) electrons. The van der Waals surface area contributed by atoms with Crippen molar-refractivity contribution >= 4 is 39.8 Å². The van der Waals surface area contributed by atoms with Crippen LogP contribution >= 0.6 is 11.8 Å². The monoisotopic (exact) mass is 688 g/mol. The van der Waals surface area contributed by atoms with Gasteiger partial charge in [0.1, 0.15) is 5.82 Å². The molecule has 0 spiro atoms. The zero-order valence-electron chi connectivity index (χ0n) is 28.7. The van der Waals surface area contributed by atoms with E-state index < -0.39 is 11.5 Å². The first-order valence-electron chi connectivity index (χ1n) is 17.4. The topological polar surface area (TPSA) is 127 Å². The summed E-state index contributed by atoms with van der Waals surface area (Å²) in [4.78, 5) is 43.9. The van der Waals surface area contributed by atoms with Gasteiger partial charge in [0, 0.05) is 30.3 Å². The molecular weight excluding hydrogens is 645 g/mol. The van der Waals surface area contributed by atoms with Gasteiger partial charge < -0.3 is 20.7 Å². The number of nitrogens with zero attached hydrogens (tertiary/aromatic N) is 2. The number of amides is 1. The molecule has 0 bridgehead atoms. The van der Waals surface area contributed by atoms with E-state index in [-0.39, 0.29) is 22.6 Å². The number of aromatic nitrogens is 2. The van der Waals surface area contributed by atoms with Gasteiger partial charge in [-0.05, 0) is 78.6 Å². The van der Waals surface area contributed by atoms with Crippen molar-refractivity contribution in [2.24, 2.45) is 5.73 Å². The maximum atomic E-state index is 14.0. The number of thioether (sulfide) groups is 1. The maximum Gasteiger partial charge on any atom is 0.336 e. The highest BCUT2D eigenvalue weighted by molar-refractivity contribution is 8.13. The number of nitrogens with one attached hydrogen (secondary N) is 1. The highest BCUT2D eigenvalue weighted by atomic mass is 32.2. The molecule has 1 aliphatic carbocycles. The van der Waals surface area contributed by atoms with E-state index in [1.165, 1.54) is 11.8 Å². The Morgan fingerprint density at radius 2 is 1.66 bits per heavy atom. The number of hydrogen-bond donors (Lipinski definition) is 3. The lowest BCUT2D eigenvalue weighted by atomic mass is 9.98. The fourth-order valence-electron chi connectivity index (χ4n) is 6.91. The lowest BCUT2D eigenvalue weighted by Crippen LogP contribution is -2.45. The molecule has 1 fully saturated rings. The molecule has 1 amide bonds. The average Bonchev–Trinajstić information content (AvgIpc) is 3.72. The number of fused-ring (bicyclic) bond motifs is 1. The molecule has 8 nitrogen and oxygen atoms in total. The molecule has 0 saturated heterocycles. The van der Waals surface area contributed by atoms with Crippen LogP contribution in [-0.4, -0.2) is 49.0 Å². The van der Waals surface area contributed by atoms with Crippen molar-refractivity contribution in [1.29, 1.82) is 0 Å². The summed E-state index contributed by atoms with van der Waals surface area (Å²) in [7, 11) is 0. The normalized spacial score (nSPS) is 14.5. The Morgan fingerprint density at radius 1 is 0.960 bits per heavy atom. The Bertz CT molecular complexity index is 2000. The summed E-state index contributed by atoms with van der Waals surface area (Å²) in [5.74, 6) is 0.229. The molecule has 4 aromatic carbocycles. The Labute approximate surface area is 297 Å². The minimum atomic E-state index is -0.958. The molecule has 1 aliphatic rings. The number of carbonyl (C=O) groups is 3. The van der Waals surface area contributed by atoms with E-state index in [2.05, 4.69) is 16.8 Å². The van der Waals surface area contributed by atoms with Gasteiger partial charge in [0.2, 0.25) is 5.12 Å². The Hall–Kier alpha value is -4.73. The molecule has 1 aromatic heterocycles. The summed E-state index contributed by atoms with van der Waals surface area (Å²) in [6.45, 7) is 4.66. The molecule has 1 unspecified atom stereocenters. The SMILES string of the molecule is CCCc1nc2c(C)cc(C(=O)NC(CSC(=O)C3(N)CCCC3)Cc3ccccc3)cc2n1Cc1ccc(-c2ccccc2C(=O)O)cc1. The smallest absolute Gasteiger partial charge is 0.336 e. The van der Waals surface area contributed by atoms with Gasteiger partial charge in [0.05, 0.1) is 22.1 Å². The van der Waals surface area contributed by atoms with Gasteiger partial charge in [0.25, 0.3) is 5.91 Å². The van der Waals surface area contributed by atoms with Gasteiger partial charge in [-0.2, -0.15) is 0 Å². The van der Waals surface area contributed by atoms with Crippen molar-refractivity contribution in [3.05, 3.63) is 125 Å². The molecule has 1 heterocycles. The number of carbonyl (C=O) groups excluding carboxylic acids is 2. The predicted molar refractivity (Wildman–Crippen MR) is 201 cm³/mol. The van der Waals surface area contributed by atoms with Crippen molar-refractivity contribution in [1.82, 2.24) is 14.9 Å². The number of rotatable bonds is 13. The van der Waals surface area contributed by atoms with Crippen LogP contribution in [0.2, 0.25) is 0 Å². The highest BCUT2D eigenvalue weighted by Crippen LogP contribution is 2.32. The maximum absolute atomic E-state index is 14.0. The van der Waals surface area contributed by atoms with Gasteiger partial charge in [0.15, 0.2) is 0 Å². The lowest BCUT2D eigenvalue weighted by molar-refractivity contribution is -0.115. The van der Waals surface area contributed by atoms with Gasteiger partial charge in [-0.15, -0.1) is 0 Å². The molecular formula is C41H44N4O4S. The van der Waals surface area contributed by atoms with Gasteiger partial charge in [-0.25, -0.2) is 9.78 Å². The van der Waals surface area contributed by atoms with Crippen molar-refractivity contribution < 1.29 is 19.5 Å². The third-order valence-corrected chi connectivity index (χ3v) is 10.8. The lowest BCUT2D eigenvalue weighted by Gasteiger charge is -2.23. The summed E-state index contributed by atoms with van der Waals surface area (Å²) in [6, 6.07) is 28.5. The minimum absolute atomic E-state index is 0.00561. The summed E-state index contributed by atoms with van der Waals surface area (Å²) < 4.78 is 2.18. The van der Waals surface area contributed by atoms with E-state index in [0.29, 0.717) is 42.7 Å². The van der Waals surface area contributed by atoms with Crippen molar-refractivity contribution in [2.75, 3.05) is 5.75 Å². The van der Waals surface area contributed by atoms with Crippen LogP contribution < -0.4 is 11.1 Å². The zero-order valence-corrected chi connectivity index (χ0v) is 29.5. The Kier molecular flexibility index (Phi) is 10.8. The van der Waals surface area contributed by atoms with Crippen LogP contribution in [0, 0.1) is 6.92 Å². The number of aryl methyl sites for hydroxylation is 2. The number of carboxylic acids is 1. The van der Waals surface area contributed by atoms with Crippen molar-refractivity contribution in [3.8, 4) is 11.1 Å². The molecule has 1 atom stereocenters. The number of hydrogen-bond acceptors (Lipinski definition) is 6.